The molecule has 0 saturated carbocycles. The van der Waals surface area contributed by atoms with E-state index in [1.54, 1.807) is 13.8 Å². The monoisotopic (exact) mass is 635 g/mol. The number of amides is 4. The summed E-state index contributed by atoms with van der Waals surface area (Å²) in [5, 5.41) is 11.0. The highest BCUT2D eigenvalue weighted by Crippen LogP contribution is 2.28. The molecule has 2 aliphatic rings. The topological polar surface area (TPSA) is 158 Å². The Morgan fingerprint density at radius 2 is 1.33 bits per heavy atom. The van der Waals surface area contributed by atoms with Gasteiger partial charge in [-0.15, -0.1) is 0 Å². The molecule has 5 atom stereocenters. The Labute approximate surface area is 269 Å². The standard InChI is InChI=1S/C34H45N5O7/c1-23(30(41)34(3)22-46-34)35-33(44)28(20-26-12-8-5-9-13-26)38-31(42)24(2)36-32(43)27(15-14-25-10-6-4-7-11-25)37-29(40)21-39-16-18-45-19-17-39/h4-13,23-24,27-28H,14-22H2,1-3H3,(H,35,44)(H,36,43)(H,37,40)(H,38,42)/t23?,24?,27-,28-,34?/m0/s1. The first-order valence-electron chi connectivity index (χ1n) is 15.8. The van der Waals surface area contributed by atoms with E-state index in [0.717, 1.165) is 11.1 Å². The molecular formula is C34H45N5O7. The fourth-order valence-corrected chi connectivity index (χ4v) is 5.25. The van der Waals surface area contributed by atoms with E-state index < -0.39 is 47.5 Å². The van der Waals surface area contributed by atoms with Crippen LogP contribution in [0, 0.1) is 0 Å². The molecule has 0 spiro atoms. The number of nitrogens with one attached hydrogen (secondary N) is 4. The highest BCUT2D eigenvalue weighted by molar-refractivity contribution is 5.98. The average Bonchev–Trinajstić information content (AvgIpc) is 3.81. The van der Waals surface area contributed by atoms with Crippen LogP contribution in [0.2, 0.25) is 0 Å². The quantitative estimate of drug-likeness (QED) is 0.195. The number of carbonyl (C=O) groups is 5. The van der Waals surface area contributed by atoms with Gasteiger partial charge in [0.2, 0.25) is 23.6 Å². The molecule has 0 aromatic heterocycles. The third-order valence-corrected chi connectivity index (χ3v) is 8.21. The second kappa shape index (κ2) is 16.4. The van der Waals surface area contributed by atoms with Gasteiger partial charge in [-0.05, 0) is 44.7 Å². The summed E-state index contributed by atoms with van der Waals surface area (Å²) >= 11 is 0. The van der Waals surface area contributed by atoms with E-state index in [-0.39, 0.29) is 24.7 Å². The fourth-order valence-electron chi connectivity index (χ4n) is 5.25. The maximum Gasteiger partial charge on any atom is 0.243 e. The van der Waals surface area contributed by atoms with Crippen molar-refractivity contribution in [3.05, 3.63) is 71.8 Å². The molecule has 3 unspecified atom stereocenters. The highest BCUT2D eigenvalue weighted by atomic mass is 16.6. The summed E-state index contributed by atoms with van der Waals surface area (Å²) in [5.41, 5.74) is 0.913. The molecular weight excluding hydrogens is 590 g/mol. The van der Waals surface area contributed by atoms with E-state index in [4.69, 9.17) is 9.47 Å². The second-order valence-corrected chi connectivity index (χ2v) is 12.1. The van der Waals surface area contributed by atoms with Gasteiger partial charge in [0.1, 0.15) is 23.7 Å². The Kier molecular flexibility index (Phi) is 12.4. The van der Waals surface area contributed by atoms with E-state index >= 15 is 0 Å². The van der Waals surface area contributed by atoms with E-state index in [2.05, 4.69) is 21.3 Å². The minimum Gasteiger partial charge on any atom is -0.379 e. The van der Waals surface area contributed by atoms with E-state index in [9.17, 15) is 24.0 Å². The predicted octanol–water partition coefficient (Wildman–Crippen LogP) is 0.531. The molecule has 2 aromatic carbocycles. The number of ketones is 1. The van der Waals surface area contributed by atoms with Gasteiger partial charge in [0.25, 0.3) is 0 Å². The molecule has 0 bridgehead atoms. The molecule has 2 aromatic rings. The number of Topliss-reactive ketones (excluding diaryl/α,β-unsaturated/α-hetero) is 1. The normalized spacial score (nSPS) is 20.3. The molecule has 2 saturated heterocycles. The highest BCUT2D eigenvalue weighted by Gasteiger charge is 2.49. The van der Waals surface area contributed by atoms with E-state index in [1.165, 1.54) is 6.92 Å². The lowest BCUT2D eigenvalue weighted by Crippen LogP contribution is -2.58. The summed E-state index contributed by atoms with van der Waals surface area (Å²) in [6, 6.07) is 15.1. The lowest BCUT2D eigenvalue weighted by molar-refractivity contribution is -0.134. The number of nitrogens with zero attached hydrogens (tertiary/aromatic N) is 1. The molecule has 4 N–H and O–H groups in total. The van der Waals surface area contributed by atoms with Crippen LogP contribution in [0.3, 0.4) is 0 Å². The summed E-state index contributed by atoms with van der Waals surface area (Å²) in [5.74, 6) is -2.15. The zero-order chi connectivity index (χ0) is 33.1. The van der Waals surface area contributed by atoms with Gasteiger partial charge in [-0.2, -0.15) is 0 Å². The second-order valence-electron chi connectivity index (χ2n) is 12.1. The summed E-state index contributed by atoms with van der Waals surface area (Å²) in [4.78, 5) is 67.7. The first-order chi connectivity index (χ1) is 22.0. The molecule has 4 rings (SSSR count). The van der Waals surface area contributed by atoms with Crippen LogP contribution in [0.1, 0.15) is 38.3 Å². The molecule has 4 amide bonds. The van der Waals surface area contributed by atoms with Gasteiger partial charge in [-0.3, -0.25) is 28.9 Å². The minimum absolute atomic E-state index is 0.136. The van der Waals surface area contributed by atoms with Crippen LogP contribution in [0.15, 0.2) is 60.7 Å². The summed E-state index contributed by atoms with van der Waals surface area (Å²) in [6.45, 7) is 7.56. The number of ether oxygens (including phenoxy) is 2. The lowest BCUT2D eigenvalue weighted by Gasteiger charge is -2.27. The molecule has 12 heteroatoms. The van der Waals surface area contributed by atoms with Crippen molar-refractivity contribution in [1.29, 1.82) is 0 Å². The molecule has 12 nitrogen and oxygen atoms in total. The Bertz CT molecular complexity index is 1350. The van der Waals surface area contributed by atoms with Crippen LogP contribution in [0.4, 0.5) is 0 Å². The van der Waals surface area contributed by atoms with Crippen LogP contribution in [-0.4, -0.2) is 104 Å². The number of epoxide rings is 1. The van der Waals surface area contributed by atoms with Crippen LogP contribution < -0.4 is 21.3 Å². The number of hydrogen-bond acceptors (Lipinski definition) is 8. The zero-order valence-electron chi connectivity index (χ0n) is 26.8. The minimum atomic E-state index is -1.02. The van der Waals surface area contributed by atoms with E-state index in [1.807, 2.05) is 65.6 Å². The van der Waals surface area contributed by atoms with Crippen molar-refractivity contribution in [3.8, 4) is 0 Å². The average molecular weight is 636 g/mol. The maximum absolute atomic E-state index is 13.5. The third kappa shape index (κ3) is 10.5. The van der Waals surface area contributed by atoms with Gasteiger partial charge in [0.15, 0.2) is 5.78 Å². The van der Waals surface area contributed by atoms with Crippen molar-refractivity contribution in [2.75, 3.05) is 39.5 Å². The SMILES string of the molecule is CC(NC(=O)[C@H](CCc1ccccc1)NC(=O)CN1CCOCC1)C(=O)N[C@@H](Cc1ccccc1)C(=O)NC(C)C(=O)C1(C)CO1. The molecule has 46 heavy (non-hydrogen) atoms. The van der Waals surface area contributed by atoms with Gasteiger partial charge in [-0.25, -0.2) is 0 Å². The summed E-state index contributed by atoms with van der Waals surface area (Å²) in [7, 11) is 0. The summed E-state index contributed by atoms with van der Waals surface area (Å²) in [6.07, 6.45) is 1.04. The number of morpholine rings is 1. The zero-order valence-corrected chi connectivity index (χ0v) is 26.8. The first kappa shape index (κ1) is 34.7. The van der Waals surface area contributed by atoms with Crippen molar-refractivity contribution >= 4 is 29.4 Å². The molecule has 2 heterocycles. The van der Waals surface area contributed by atoms with Crippen LogP contribution in [0.25, 0.3) is 0 Å². The molecule has 0 radical (unpaired) electrons. The Morgan fingerprint density at radius 1 is 0.761 bits per heavy atom. The predicted molar refractivity (Wildman–Crippen MR) is 171 cm³/mol. The molecule has 248 valence electrons. The number of hydrogen-bond donors (Lipinski definition) is 4. The van der Waals surface area contributed by atoms with E-state index in [0.29, 0.717) is 45.8 Å². The number of aryl methyl sites for hydroxylation is 1. The lowest BCUT2D eigenvalue weighted by atomic mass is 10.0. The number of carbonyl (C=O) groups excluding carboxylic acids is 5. The number of benzene rings is 2. The van der Waals surface area contributed by atoms with Crippen LogP contribution in [0.5, 0.6) is 0 Å². The first-order valence-corrected chi connectivity index (χ1v) is 15.8. The van der Waals surface area contributed by atoms with Crippen molar-refractivity contribution in [3.63, 3.8) is 0 Å². The van der Waals surface area contributed by atoms with Crippen molar-refractivity contribution in [2.45, 2.75) is 69.8 Å². The van der Waals surface area contributed by atoms with Crippen LogP contribution in [-0.2, 0) is 46.3 Å². The molecule has 0 aliphatic carbocycles. The van der Waals surface area contributed by atoms with Gasteiger partial charge < -0.3 is 30.7 Å². The third-order valence-electron chi connectivity index (χ3n) is 8.21. The summed E-state index contributed by atoms with van der Waals surface area (Å²) < 4.78 is 10.6. The van der Waals surface area contributed by atoms with Gasteiger partial charge in [-0.1, -0.05) is 60.7 Å². The van der Waals surface area contributed by atoms with Crippen molar-refractivity contribution in [1.82, 2.24) is 26.2 Å². The van der Waals surface area contributed by atoms with Gasteiger partial charge >= 0.3 is 0 Å². The van der Waals surface area contributed by atoms with Gasteiger partial charge in [0.05, 0.1) is 32.4 Å². The number of rotatable bonds is 16. The largest absolute Gasteiger partial charge is 0.379 e. The van der Waals surface area contributed by atoms with Crippen molar-refractivity contribution < 1.29 is 33.4 Å². The smallest absolute Gasteiger partial charge is 0.243 e. The maximum atomic E-state index is 13.5. The molecule has 2 aliphatic heterocycles. The Morgan fingerprint density at radius 3 is 1.93 bits per heavy atom. The van der Waals surface area contributed by atoms with Gasteiger partial charge in [0, 0.05) is 19.5 Å². The van der Waals surface area contributed by atoms with Crippen LogP contribution >= 0.6 is 0 Å². The Balaban J connectivity index is 1.39. The van der Waals surface area contributed by atoms with Crippen molar-refractivity contribution in [2.24, 2.45) is 0 Å². The molecule has 2 fully saturated rings. The Hall–Kier alpha value is -4.13. The fraction of sp³-hybridized carbons (Fsp3) is 0.500.